The summed E-state index contributed by atoms with van der Waals surface area (Å²) in [6.45, 7) is 4.29. The molecule has 0 bridgehead atoms. The van der Waals surface area contributed by atoms with Gasteiger partial charge in [-0.1, -0.05) is 44.9 Å². The number of benzene rings is 1. The number of ketones is 1. The lowest BCUT2D eigenvalue weighted by Crippen LogP contribution is -2.08. The van der Waals surface area contributed by atoms with Crippen LogP contribution in [-0.4, -0.2) is 10.8 Å². The van der Waals surface area contributed by atoms with Crippen molar-refractivity contribution in [3.8, 4) is 0 Å². The van der Waals surface area contributed by atoms with Crippen LogP contribution in [0.3, 0.4) is 0 Å². The van der Waals surface area contributed by atoms with E-state index in [2.05, 4.69) is 18.8 Å². The van der Waals surface area contributed by atoms with Crippen LogP contribution in [0.5, 0.6) is 0 Å². The Morgan fingerprint density at radius 3 is 2.67 bits per heavy atom. The number of hydrogen-bond donors (Lipinski definition) is 0. The Balaban J connectivity index is 2.33. The van der Waals surface area contributed by atoms with Gasteiger partial charge < -0.3 is 0 Å². The highest BCUT2D eigenvalue weighted by Crippen LogP contribution is 2.21. The monoisotopic (exact) mass is 241 g/mol. The van der Waals surface area contributed by atoms with Crippen LogP contribution in [0.15, 0.2) is 36.5 Å². The second kappa shape index (κ2) is 5.76. The lowest BCUT2D eigenvalue weighted by atomic mass is 9.92. The third-order valence-corrected chi connectivity index (χ3v) is 3.57. The second-order valence-electron chi connectivity index (χ2n) is 4.69. The van der Waals surface area contributed by atoms with E-state index >= 15 is 0 Å². The van der Waals surface area contributed by atoms with E-state index in [1.54, 1.807) is 6.20 Å². The van der Waals surface area contributed by atoms with Gasteiger partial charge in [0.05, 0.1) is 5.52 Å². The number of hydrogen-bond acceptors (Lipinski definition) is 2. The molecule has 0 aliphatic rings. The van der Waals surface area contributed by atoms with Crippen LogP contribution in [0.1, 0.15) is 43.5 Å². The normalized spacial score (nSPS) is 11.1. The summed E-state index contributed by atoms with van der Waals surface area (Å²) in [5, 5.41) is 0.968. The molecule has 0 amide bonds. The number of carbonyl (C=O) groups excluding carboxylic acids is 1. The molecule has 2 heteroatoms. The first-order valence-electron chi connectivity index (χ1n) is 6.63. The van der Waals surface area contributed by atoms with Crippen LogP contribution in [0.2, 0.25) is 0 Å². The summed E-state index contributed by atoms with van der Waals surface area (Å²) in [6, 6.07) is 9.63. The molecular formula is C16H19NO. The van der Waals surface area contributed by atoms with Gasteiger partial charge in [0.15, 0.2) is 5.78 Å². The first kappa shape index (κ1) is 12.7. The number of Topliss-reactive ketones (excluding diaryl/α,β-unsaturated/α-hetero) is 1. The maximum absolute atomic E-state index is 12.4. The Kier molecular flexibility index (Phi) is 4.08. The van der Waals surface area contributed by atoms with Gasteiger partial charge in [-0.2, -0.15) is 0 Å². The molecule has 0 unspecified atom stereocenters. The van der Waals surface area contributed by atoms with Crippen molar-refractivity contribution in [1.82, 2.24) is 4.98 Å². The van der Waals surface area contributed by atoms with Crippen molar-refractivity contribution in [3.63, 3.8) is 0 Å². The van der Waals surface area contributed by atoms with Crippen LogP contribution >= 0.6 is 0 Å². The fourth-order valence-electron chi connectivity index (χ4n) is 2.30. The average molecular weight is 241 g/mol. The first-order valence-corrected chi connectivity index (χ1v) is 6.63. The van der Waals surface area contributed by atoms with Crippen molar-refractivity contribution < 1.29 is 4.79 Å². The van der Waals surface area contributed by atoms with E-state index in [1.807, 2.05) is 30.3 Å². The molecular weight excluding hydrogens is 222 g/mol. The van der Waals surface area contributed by atoms with Gasteiger partial charge in [0.2, 0.25) is 0 Å². The van der Waals surface area contributed by atoms with Gasteiger partial charge in [-0.3, -0.25) is 9.78 Å². The second-order valence-corrected chi connectivity index (χ2v) is 4.69. The van der Waals surface area contributed by atoms with E-state index < -0.39 is 0 Å². The van der Waals surface area contributed by atoms with Gasteiger partial charge in [-0.15, -0.1) is 0 Å². The Bertz CT molecular complexity index is 538. The molecule has 2 aromatic rings. The molecule has 0 saturated carbocycles. The van der Waals surface area contributed by atoms with Crippen LogP contribution in [0.4, 0.5) is 0 Å². The van der Waals surface area contributed by atoms with Crippen LogP contribution in [0.25, 0.3) is 10.9 Å². The number of rotatable bonds is 5. The maximum atomic E-state index is 12.4. The van der Waals surface area contributed by atoms with E-state index in [0.29, 0.717) is 12.3 Å². The zero-order chi connectivity index (χ0) is 13.0. The Labute approximate surface area is 108 Å². The summed E-state index contributed by atoms with van der Waals surface area (Å²) >= 11 is 0. The number of fused-ring (bicyclic) bond motifs is 1. The molecule has 18 heavy (non-hydrogen) atoms. The standard InChI is InChI=1S/C16H19NO/c1-3-12(4-2)11-16(18)14-7-5-9-15-13(14)8-6-10-17-15/h5-10,12H,3-4,11H2,1-2H3. The average Bonchev–Trinajstić information content (AvgIpc) is 2.43. The zero-order valence-electron chi connectivity index (χ0n) is 11.0. The molecule has 0 atom stereocenters. The molecule has 0 radical (unpaired) electrons. The van der Waals surface area contributed by atoms with Crippen molar-refractivity contribution in [3.05, 3.63) is 42.1 Å². The molecule has 0 aliphatic carbocycles. The quantitative estimate of drug-likeness (QED) is 0.733. The topological polar surface area (TPSA) is 30.0 Å². The maximum Gasteiger partial charge on any atom is 0.163 e. The Hall–Kier alpha value is -1.70. The molecule has 2 rings (SSSR count). The lowest BCUT2D eigenvalue weighted by molar-refractivity contribution is 0.0960. The molecule has 0 N–H and O–H groups in total. The smallest absolute Gasteiger partial charge is 0.163 e. The highest BCUT2D eigenvalue weighted by atomic mass is 16.1. The fourth-order valence-corrected chi connectivity index (χ4v) is 2.30. The lowest BCUT2D eigenvalue weighted by Gasteiger charge is -2.12. The van der Waals surface area contributed by atoms with E-state index in [-0.39, 0.29) is 5.78 Å². The summed E-state index contributed by atoms with van der Waals surface area (Å²) < 4.78 is 0. The molecule has 1 aromatic heterocycles. The van der Waals surface area contributed by atoms with Gasteiger partial charge >= 0.3 is 0 Å². The molecule has 0 spiro atoms. The first-order chi connectivity index (χ1) is 8.76. The number of nitrogens with zero attached hydrogens (tertiary/aromatic N) is 1. The third-order valence-electron chi connectivity index (χ3n) is 3.57. The largest absolute Gasteiger partial charge is 0.294 e. The molecule has 1 heterocycles. The highest BCUT2D eigenvalue weighted by Gasteiger charge is 2.14. The summed E-state index contributed by atoms with van der Waals surface area (Å²) in [4.78, 5) is 16.7. The minimum absolute atomic E-state index is 0.238. The molecule has 94 valence electrons. The van der Waals surface area contributed by atoms with E-state index in [1.165, 1.54) is 0 Å². The van der Waals surface area contributed by atoms with Crippen molar-refractivity contribution in [2.24, 2.45) is 5.92 Å². The van der Waals surface area contributed by atoms with E-state index in [0.717, 1.165) is 29.3 Å². The van der Waals surface area contributed by atoms with Gasteiger partial charge in [-0.05, 0) is 18.1 Å². The van der Waals surface area contributed by atoms with Crippen molar-refractivity contribution in [2.75, 3.05) is 0 Å². The van der Waals surface area contributed by atoms with Crippen LogP contribution < -0.4 is 0 Å². The minimum Gasteiger partial charge on any atom is -0.294 e. The van der Waals surface area contributed by atoms with Crippen molar-refractivity contribution in [1.29, 1.82) is 0 Å². The highest BCUT2D eigenvalue weighted by molar-refractivity contribution is 6.07. The minimum atomic E-state index is 0.238. The molecule has 0 fully saturated rings. The molecule has 0 saturated heterocycles. The third kappa shape index (κ3) is 2.58. The molecule has 1 aromatic carbocycles. The zero-order valence-corrected chi connectivity index (χ0v) is 11.0. The van der Waals surface area contributed by atoms with E-state index in [9.17, 15) is 4.79 Å². The molecule has 2 nitrogen and oxygen atoms in total. The van der Waals surface area contributed by atoms with Gasteiger partial charge in [-0.25, -0.2) is 0 Å². The van der Waals surface area contributed by atoms with Gasteiger partial charge in [0.1, 0.15) is 0 Å². The summed E-state index contributed by atoms with van der Waals surface area (Å²) in [5.41, 5.74) is 1.71. The van der Waals surface area contributed by atoms with Crippen molar-refractivity contribution in [2.45, 2.75) is 33.1 Å². The fraction of sp³-hybridized carbons (Fsp3) is 0.375. The SMILES string of the molecule is CCC(CC)CC(=O)c1cccc2ncccc12. The molecule has 0 aliphatic heterocycles. The van der Waals surface area contributed by atoms with Crippen LogP contribution in [-0.2, 0) is 0 Å². The van der Waals surface area contributed by atoms with Gasteiger partial charge in [0, 0.05) is 23.6 Å². The summed E-state index contributed by atoms with van der Waals surface area (Å²) in [6.07, 6.45) is 4.52. The number of aromatic nitrogens is 1. The summed E-state index contributed by atoms with van der Waals surface area (Å²) in [5.74, 6) is 0.728. The van der Waals surface area contributed by atoms with Crippen molar-refractivity contribution >= 4 is 16.7 Å². The van der Waals surface area contributed by atoms with E-state index in [4.69, 9.17) is 0 Å². The predicted molar refractivity (Wildman–Crippen MR) is 74.8 cm³/mol. The Morgan fingerprint density at radius 2 is 1.94 bits per heavy atom. The number of pyridine rings is 1. The predicted octanol–water partition coefficient (Wildman–Crippen LogP) is 4.24. The Morgan fingerprint density at radius 1 is 1.17 bits per heavy atom. The van der Waals surface area contributed by atoms with Gasteiger partial charge in [0.25, 0.3) is 0 Å². The summed E-state index contributed by atoms with van der Waals surface area (Å²) in [7, 11) is 0. The van der Waals surface area contributed by atoms with Crippen LogP contribution in [0, 0.1) is 5.92 Å². The number of carbonyl (C=O) groups is 1.